The predicted octanol–water partition coefficient (Wildman–Crippen LogP) is 2.58. The Morgan fingerprint density at radius 3 is 2.89 bits per heavy atom. The predicted molar refractivity (Wildman–Crippen MR) is 106 cm³/mol. The van der Waals surface area contributed by atoms with Crippen LogP contribution in [0.3, 0.4) is 0 Å². The molecule has 1 aromatic carbocycles. The third-order valence-corrected chi connectivity index (χ3v) is 5.02. The maximum atomic E-state index is 12.7. The van der Waals surface area contributed by atoms with Gasteiger partial charge in [-0.3, -0.25) is 14.2 Å². The molecule has 1 aliphatic heterocycles. The number of hydrogen-bond acceptors (Lipinski definition) is 5. The zero-order chi connectivity index (χ0) is 20.1. The molecule has 150 valence electrons. The second-order valence-electron chi connectivity index (χ2n) is 7.36. The average molecular weight is 385 g/mol. The fourth-order valence-electron chi connectivity index (χ4n) is 3.58. The Kier molecular flexibility index (Phi) is 6.44. The fourth-order valence-corrected chi connectivity index (χ4v) is 3.58. The molecular weight excluding hydrogens is 358 g/mol. The maximum Gasteiger partial charge on any atom is 0.338 e. The van der Waals surface area contributed by atoms with Gasteiger partial charge in [0.05, 0.1) is 16.5 Å². The zero-order valence-corrected chi connectivity index (χ0v) is 16.5. The lowest BCUT2D eigenvalue weighted by Gasteiger charge is -2.13. The molecule has 2 heterocycles. The van der Waals surface area contributed by atoms with Crippen molar-refractivity contribution in [1.29, 1.82) is 0 Å². The molecule has 28 heavy (non-hydrogen) atoms. The van der Waals surface area contributed by atoms with Gasteiger partial charge in [0.25, 0.3) is 11.5 Å². The van der Waals surface area contributed by atoms with Gasteiger partial charge in [-0.15, -0.1) is 0 Å². The number of nitrogens with one attached hydrogen (secondary N) is 1. The van der Waals surface area contributed by atoms with Gasteiger partial charge in [0.2, 0.25) is 0 Å². The van der Waals surface area contributed by atoms with E-state index < -0.39 is 5.97 Å². The van der Waals surface area contributed by atoms with Gasteiger partial charge in [0, 0.05) is 19.0 Å². The monoisotopic (exact) mass is 385 g/mol. The number of amides is 1. The minimum absolute atomic E-state index is 0.0457. The van der Waals surface area contributed by atoms with Crippen molar-refractivity contribution in [3.05, 3.63) is 39.9 Å². The van der Waals surface area contributed by atoms with Crippen LogP contribution in [-0.2, 0) is 22.5 Å². The van der Waals surface area contributed by atoms with Crippen LogP contribution in [0, 0.1) is 0 Å². The Hall–Kier alpha value is -2.70. The molecule has 3 rings (SSSR count). The lowest BCUT2D eigenvalue weighted by Crippen LogP contribution is -2.35. The summed E-state index contributed by atoms with van der Waals surface area (Å²) in [6.45, 7) is 4.32. The zero-order valence-electron chi connectivity index (χ0n) is 16.5. The number of esters is 1. The van der Waals surface area contributed by atoms with Gasteiger partial charge in [-0.1, -0.05) is 19.8 Å². The van der Waals surface area contributed by atoms with E-state index >= 15 is 0 Å². The molecule has 1 N–H and O–H groups in total. The minimum atomic E-state index is -0.600. The molecule has 0 unspecified atom stereocenters. The van der Waals surface area contributed by atoms with Gasteiger partial charge < -0.3 is 10.1 Å². The quantitative estimate of drug-likeness (QED) is 0.772. The second kappa shape index (κ2) is 8.99. The number of aryl methyl sites for hydroxylation is 1. The van der Waals surface area contributed by atoms with Crippen LogP contribution in [0.5, 0.6) is 0 Å². The Morgan fingerprint density at radius 2 is 2.11 bits per heavy atom. The molecule has 0 saturated carbocycles. The van der Waals surface area contributed by atoms with Gasteiger partial charge in [-0.25, -0.2) is 9.78 Å². The highest BCUT2D eigenvalue weighted by atomic mass is 16.5. The summed E-state index contributed by atoms with van der Waals surface area (Å²) in [5.74, 6) is -0.154. The van der Waals surface area contributed by atoms with Gasteiger partial charge in [-0.2, -0.15) is 0 Å². The van der Waals surface area contributed by atoms with E-state index in [1.807, 2.05) is 13.8 Å². The molecule has 1 atom stereocenters. The Labute approximate surface area is 164 Å². The van der Waals surface area contributed by atoms with Crippen molar-refractivity contribution in [2.75, 3.05) is 6.61 Å². The standard InChI is InChI=1S/C21H27N3O4/c1-3-7-14(2)22-19(25)13-28-21(27)15-9-10-16-17(12-15)23-18-8-5-4-6-11-24(18)20(16)26/h9-10,12,14H,3-8,11,13H2,1-2H3,(H,22,25)/t14-/m0/s1. The number of rotatable bonds is 6. The van der Waals surface area contributed by atoms with Crippen LogP contribution in [0.25, 0.3) is 10.9 Å². The summed E-state index contributed by atoms with van der Waals surface area (Å²) in [4.78, 5) is 41.5. The smallest absolute Gasteiger partial charge is 0.338 e. The molecule has 0 radical (unpaired) electrons. The van der Waals surface area contributed by atoms with Gasteiger partial charge in [-0.05, 0) is 44.4 Å². The molecule has 0 spiro atoms. The topological polar surface area (TPSA) is 90.3 Å². The van der Waals surface area contributed by atoms with Crippen molar-refractivity contribution in [3.8, 4) is 0 Å². The van der Waals surface area contributed by atoms with Crippen molar-refractivity contribution in [2.24, 2.45) is 0 Å². The van der Waals surface area contributed by atoms with Crippen molar-refractivity contribution in [2.45, 2.75) is 65.0 Å². The van der Waals surface area contributed by atoms with E-state index in [4.69, 9.17) is 4.74 Å². The highest BCUT2D eigenvalue weighted by Gasteiger charge is 2.16. The molecule has 2 aromatic rings. The Bertz CT molecular complexity index is 935. The molecule has 1 aliphatic rings. The molecule has 7 nitrogen and oxygen atoms in total. The molecule has 0 bridgehead atoms. The summed E-state index contributed by atoms with van der Waals surface area (Å²) in [7, 11) is 0. The number of carbonyl (C=O) groups excluding carboxylic acids is 2. The first kappa shape index (κ1) is 20.0. The average Bonchev–Trinajstić information content (AvgIpc) is 2.91. The lowest BCUT2D eigenvalue weighted by atomic mass is 10.1. The maximum absolute atomic E-state index is 12.7. The minimum Gasteiger partial charge on any atom is -0.452 e. The largest absolute Gasteiger partial charge is 0.452 e. The van der Waals surface area contributed by atoms with Crippen molar-refractivity contribution >= 4 is 22.8 Å². The van der Waals surface area contributed by atoms with Crippen molar-refractivity contribution < 1.29 is 14.3 Å². The molecule has 0 fully saturated rings. The normalized spacial score (nSPS) is 14.8. The summed E-state index contributed by atoms with van der Waals surface area (Å²) < 4.78 is 6.86. The van der Waals surface area contributed by atoms with E-state index in [0.29, 0.717) is 17.4 Å². The van der Waals surface area contributed by atoms with Crippen LogP contribution < -0.4 is 10.9 Å². The van der Waals surface area contributed by atoms with Crippen LogP contribution in [0.4, 0.5) is 0 Å². The number of ether oxygens (including phenoxy) is 1. The highest BCUT2D eigenvalue weighted by Crippen LogP contribution is 2.16. The number of fused-ring (bicyclic) bond motifs is 2. The van der Waals surface area contributed by atoms with Crippen LogP contribution in [-0.4, -0.2) is 34.1 Å². The first-order chi connectivity index (χ1) is 13.5. The highest BCUT2D eigenvalue weighted by molar-refractivity contribution is 5.95. The van der Waals surface area contributed by atoms with Crippen LogP contribution >= 0.6 is 0 Å². The second-order valence-corrected chi connectivity index (χ2v) is 7.36. The molecule has 7 heteroatoms. The molecule has 0 saturated heterocycles. The summed E-state index contributed by atoms with van der Waals surface area (Å²) in [5, 5.41) is 3.29. The third-order valence-electron chi connectivity index (χ3n) is 5.02. The SMILES string of the molecule is CCC[C@H](C)NC(=O)COC(=O)c1ccc2c(=O)n3c(nc2c1)CCCCC3. The van der Waals surface area contributed by atoms with E-state index in [9.17, 15) is 14.4 Å². The van der Waals surface area contributed by atoms with E-state index in [2.05, 4.69) is 10.3 Å². The van der Waals surface area contributed by atoms with Crippen LogP contribution in [0.1, 0.15) is 62.1 Å². The van der Waals surface area contributed by atoms with E-state index in [-0.39, 0.29) is 29.7 Å². The van der Waals surface area contributed by atoms with Crippen molar-refractivity contribution in [1.82, 2.24) is 14.9 Å². The Balaban J connectivity index is 1.74. The van der Waals surface area contributed by atoms with Crippen LogP contribution in [0.2, 0.25) is 0 Å². The molecule has 0 aliphatic carbocycles. The van der Waals surface area contributed by atoms with Gasteiger partial charge in [0.1, 0.15) is 5.82 Å². The van der Waals surface area contributed by atoms with E-state index in [0.717, 1.165) is 44.3 Å². The number of nitrogens with zero attached hydrogens (tertiary/aromatic N) is 2. The first-order valence-corrected chi connectivity index (χ1v) is 9.99. The Morgan fingerprint density at radius 1 is 1.29 bits per heavy atom. The summed E-state index contributed by atoms with van der Waals surface area (Å²) >= 11 is 0. The van der Waals surface area contributed by atoms with Gasteiger partial charge in [0.15, 0.2) is 6.61 Å². The summed E-state index contributed by atoms with van der Waals surface area (Å²) in [6.07, 6.45) is 5.66. The van der Waals surface area contributed by atoms with Crippen LogP contribution in [0.15, 0.2) is 23.0 Å². The van der Waals surface area contributed by atoms with E-state index in [1.54, 1.807) is 22.8 Å². The first-order valence-electron chi connectivity index (χ1n) is 9.99. The van der Waals surface area contributed by atoms with E-state index in [1.165, 1.54) is 0 Å². The molecule has 1 amide bonds. The number of hydrogen-bond donors (Lipinski definition) is 1. The summed E-state index contributed by atoms with van der Waals surface area (Å²) in [6, 6.07) is 4.78. The van der Waals surface area contributed by atoms with Gasteiger partial charge >= 0.3 is 5.97 Å². The molecule has 1 aromatic heterocycles. The molecular formula is C21H27N3O4. The van der Waals surface area contributed by atoms with Crippen molar-refractivity contribution in [3.63, 3.8) is 0 Å². The number of aromatic nitrogens is 2. The number of carbonyl (C=O) groups is 2. The fraction of sp³-hybridized carbons (Fsp3) is 0.524. The number of benzene rings is 1. The summed E-state index contributed by atoms with van der Waals surface area (Å²) in [5.41, 5.74) is 0.715. The third kappa shape index (κ3) is 4.58. The lowest BCUT2D eigenvalue weighted by molar-refractivity contribution is -0.124.